The van der Waals surface area contributed by atoms with E-state index >= 15 is 0 Å². The lowest BCUT2D eigenvalue weighted by Gasteiger charge is -2.09. The van der Waals surface area contributed by atoms with Crippen molar-refractivity contribution < 1.29 is 14.3 Å². The average molecular weight is 361 g/mol. The number of carbonyl (C=O) groups is 1. The average Bonchev–Trinajstić information content (AvgIpc) is 3.17. The molecule has 3 aromatic rings. The summed E-state index contributed by atoms with van der Waals surface area (Å²) in [5.41, 5.74) is 2.83. The summed E-state index contributed by atoms with van der Waals surface area (Å²) in [7, 11) is 0. The Balaban J connectivity index is 1.31. The fraction of sp³-hybridized carbons (Fsp3) is 0.143. The van der Waals surface area contributed by atoms with Gasteiger partial charge in [0.2, 0.25) is 12.7 Å². The van der Waals surface area contributed by atoms with Crippen molar-refractivity contribution in [2.45, 2.75) is 12.8 Å². The van der Waals surface area contributed by atoms with Gasteiger partial charge in [-0.3, -0.25) is 4.79 Å². The first-order chi connectivity index (χ1) is 13.3. The van der Waals surface area contributed by atoms with Gasteiger partial charge in [0, 0.05) is 18.2 Å². The van der Waals surface area contributed by atoms with Crippen LogP contribution in [0.1, 0.15) is 12.0 Å². The number of nitrogens with zero attached hydrogens (tertiary/aromatic N) is 1. The zero-order valence-corrected chi connectivity index (χ0v) is 14.6. The molecule has 136 valence electrons. The number of carbonyl (C=O) groups excluding carboxylic acids is 1. The fourth-order valence-electron chi connectivity index (χ4n) is 2.79. The smallest absolute Gasteiger partial charge is 0.231 e. The summed E-state index contributed by atoms with van der Waals surface area (Å²) in [5, 5.41) is 6.07. The SMILES string of the molecule is O=C(CCc1ccccc1)Nc1ccc(Nc2ccc3c(c2)OCO3)cn1. The van der Waals surface area contributed by atoms with Crippen LogP contribution in [0.4, 0.5) is 17.2 Å². The summed E-state index contributed by atoms with van der Waals surface area (Å²) >= 11 is 0. The molecule has 0 radical (unpaired) electrons. The minimum atomic E-state index is -0.0529. The maximum absolute atomic E-state index is 12.1. The summed E-state index contributed by atoms with van der Waals surface area (Å²) in [6.45, 7) is 0.249. The van der Waals surface area contributed by atoms with Gasteiger partial charge < -0.3 is 20.1 Å². The van der Waals surface area contributed by atoms with Gasteiger partial charge in [-0.1, -0.05) is 30.3 Å². The van der Waals surface area contributed by atoms with Gasteiger partial charge in [-0.15, -0.1) is 0 Å². The van der Waals surface area contributed by atoms with Crippen LogP contribution in [-0.2, 0) is 11.2 Å². The molecule has 0 atom stereocenters. The number of anilines is 3. The maximum Gasteiger partial charge on any atom is 0.231 e. The second-order valence-corrected chi connectivity index (χ2v) is 6.16. The third kappa shape index (κ3) is 4.36. The highest BCUT2D eigenvalue weighted by atomic mass is 16.7. The number of pyridine rings is 1. The molecule has 0 spiro atoms. The Morgan fingerprint density at radius 1 is 0.963 bits per heavy atom. The number of hydrogen-bond acceptors (Lipinski definition) is 5. The Bertz CT molecular complexity index is 927. The summed E-state index contributed by atoms with van der Waals surface area (Å²) < 4.78 is 10.7. The highest BCUT2D eigenvalue weighted by Crippen LogP contribution is 2.35. The van der Waals surface area contributed by atoms with Crippen molar-refractivity contribution in [2.24, 2.45) is 0 Å². The van der Waals surface area contributed by atoms with Crippen LogP contribution in [0.25, 0.3) is 0 Å². The molecule has 0 saturated carbocycles. The predicted octanol–water partition coefficient (Wildman–Crippen LogP) is 4.13. The maximum atomic E-state index is 12.1. The first-order valence-corrected chi connectivity index (χ1v) is 8.73. The Morgan fingerprint density at radius 3 is 2.59 bits per heavy atom. The molecule has 6 nitrogen and oxygen atoms in total. The molecule has 0 saturated heterocycles. The molecule has 0 aliphatic carbocycles. The van der Waals surface area contributed by atoms with E-state index in [2.05, 4.69) is 15.6 Å². The zero-order valence-electron chi connectivity index (χ0n) is 14.6. The number of ether oxygens (including phenoxy) is 2. The Kier molecular flexibility index (Phi) is 4.87. The van der Waals surface area contributed by atoms with E-state index in [0.29, 0.717) is 18.7 Å². The van der Waals surface area contributed by atoms with E-state index in [1.54, 1.807) is 12.3 Å². The second-order valence-electron chi connectivity index (χ2n) is 6.16. The van der Waals surface area contributed by atoms with Crippen LogP contribution in [0.5, 0.6) is 11.5 Å². The molecule has 2 heterocycles. The van der Waals surface area contributed by atoms with Crippen LogP contribution in [0.3, 0.4) is 0 Å². The molecule has 6 heteroatoms. The van der Waals surface area contributed by atoms with Crippen LogP contribution < -0.4 is 20.1 Å². The van der Waals surface area contributed by atoms with Gasteiger partial charge in [-0.25, -0.2) is 4.98 Å². The minimum absolute atomic E-state index is 0.0529. The van der Waals surface area contributed by atoms with E-state index in [9.17, 15) is 4.79 Å². The number of aromatic nitrogens is 1. The predicted molar refractivity (Wildman–Crippen MR) is 103 cm³/mol. The molecule has 1 aromatic heterocycles. The van der Waals surface area contributed by atoms with Crippen molar-refractivity contribution in [1.82, 2.24) is 4.98 Å². The van der Waals surface area contributed by atoms with Gasteiger partial charge in [0.15, 0.2) is 11.5 Å². The van der Waals surface area contributed by atoms with Crippen molar-refractivity contribution in [1.29, 1.82) is 0 Å². The van der Waals surface area contributed by atoms with Gasteiger partial charge >= 0.3 is 0 Å². The number of aryl methyl sites for hydroxylation is 1. The third-order valence-corrected chi connectivity index (χ3v) is 4.18. The summed E-state index contributed by atoms with van der Waals surface area (Å²) in [5.74, 6) is 1.94. The van der Waals surface area contributed by atoms with Crippen molar-refractivity contribution in [3.63, 3.8) is 0 Å². The van der Waals surface area contributed by atoms with Gasteiger partial charge in [0.25, 0.3) is 0 Å². The minimum Gasteiger partial charge on any atom is -0.454 e. The molecule has 0 bridgehead atoms. The van der Waals surface area contributed by atoms with Gasteiger partial charge in [0.05, 0.1) is 11.9 Å². The first-order valence-electron chi connectivity index (χ1n) is 8.73. The normalized spacial score (nSPS) is 11.9. The monoisotopic (exact) mass is 361 g/mol. The van der Waals surface area contributed by atoms with E-state index in [1.807, 2.05) is 54.6 Å². The van der Waals surface area contributed by atoms with E-state index in [-0.39, 0.29) is 12.7 Å². The highest BCUT2D eigenvalue weighted by molar-refractivity contribution is 5.90. The zero-order chi connectivity index (χ0) is 18.5. The van der Waals surface area contributed by atoms with Crippen LogP contribution in [0, 0.1) is 0 Å². The van der Waals surface area contributed by atoms with E-state index in [1.165, 1.54) is 0 Å². The van der Waals surface area contributed by atoms with Gasteiger partial charge in [-0.2, -0.15) is 0 Å². The molecular formula is C21H19N3O3. The van der Waals surface area contributed by atoms with Crippen molar-refractivity contribution in [2.75, 3.05) is 17.4 Å². The van der Waals surface area contributed by atoms with Crippen molar-refractivity contribution >= 4 is 23.1 Å². The van der Waals surface area contributed by atoms with Gasteiger partial charge in [-0.05, 0) is 36.2 Å². The van der Waals surface area contributed by atoms with Crippen LogP contribution in [0.15, 0.2) is 66.9 Å². The largest absolute Gasteiger partial charge is 0.454 e. The van der Waals surface area contributed by atoms with E-state index in [0.717, 1.165) is 28.4 Å². The van der Waals surface area contributed by atoms with Crippen LogP contribution >= 0.6 is 0 Å². The number of fused-ring (bicyclic) bond motifs is 1. The van der Waals surface area contributed by atoms with E-state index in [4.69, 9.17) is 9.47 Å². The second kappa shape index (κ2) is 7.78. The highest BCUT2D eigenvalue weighted by Gasteiger charge is 2.13. The molecule has 4 rings (SSSR count). The van der Waals surface area contributed by atoms with E-state index < -0.39 is 0 Å². The lowest BCUT2D eigenvalue weighted by Crippen LogP contribution is -2.13. The summed E-state index contributed by atoms with van der Waals surface area (Å²) in [6, 6.07) is 19.2. The van der Waals surface area contributed by atoms with Crippen molar-refractivity contribution in [3.05, 3.63) is 72.4 Å². The van der Waals surface area contributed by atoms with Gasteiger partial charge in [0.1, 0.15) is 5.82 Å². The molecule has 27 heavy (non-hydrogen) atoms. The Hall–Kier alpha value is -3.54. The molecule has 1 aliphatic rings. The molecule has 0 fully saturated rings. The molecule has 1 aliphatic heterocycles. The molecule has 2 aromatic carbocycles. The number of benzene rings is 2. The topological polar surface area (TPSA) is 72.5 Å². The lowest BCUT2D eigenvalue weighted by molar-refractivity contribution is -0.116. The first kappa shape index (κ1) is 16.9. The Morgan fingerprint density at radius 2 is 1.78 bits per heavy atom. The van der Waals surface area contributed by atoms with Crippen LogP contribution in [0.2, 0.25) is 0 Å². The molecule has 1 amide bonds. The molecule has 0 unspecified atom stereocenters. The third-order valence-electron chi connectivity index (χ3n) is 4.18. The van der Waals surface area contributed by atoms with Crippen LogP contribution in [-0.4, -0.2) is 17.7 Å². The number of rotatable bonds is 6. The van der Waals surface area contributed by atoms with Crippen molar-refractivity contribution in [3.8, 4) is 11.5 Å². The lowest BCUT2D eigenvalue weighted by atomic mass is 10.1. The standard InChI is InChI=1S/C21H19N3O3/c25-21(11-6-15-4-2-1-3-5-15)24-20-10-8-17(13-22-20)23-16-7-9-18-19(12-16)27-14-26-18/h1-5,7-10,12-13,23H,6,11,14H2,(H,22,24,25). The summed E-state index contributed by atoms with van der Waals surface area (Å²) in [4.78, 5) is 16.4. The number of nitrogens with one attached hydrogen (secondary N) is 2. The Labute approximate surface area is 157 Å². The summed E-state index contributed by atoms with van der Waals surface area (Å²) in [6.07, 6.45) is 2.80. The molecule has 2 N–H and O–H groups in total. The fourth-order valence-corrected chi connectivity index (χ4v) is 2.79. The molecular weight excluding hydrogens is 342 g/mol. The quantitative estimate of drug-likeness (QED) is 0.691. The number of hydrogen-bond donors (Lipinski definition) is 2. The number of amides is 1.